The zero-order chi connectivity index (χ0) is 19.2. The second kappa shape index (κ2) is 8.60. The number of hydrogen-bond acceptors (Lipinski definition) is 6. The summed E-state index contributed by atoms with van der Waals surface area (Å²) in [6.07, 6.45) is 1.63. The van der Waals surface area contributed by atoms with E-state index in [1.165, 1.54) is 18.4 Å². The van der Waals surface area contributed by atoms with E-state index in [4.69, 9.17) is 5.26 Å². The highest BCUT2D eigenvalue weighted by Crippen LogP contribution is 2.10. The Morgan fingerprint density at radius 1 is 1.27 bits per heavy atom. The third-order valence-electron chi connectivity index (χ3n) is 3.52. The van der Waals surface area contributed by atoms with E-state index in [0.717, 1.165) is 0 Å². The molecule has 2 aromatic rings. The van der Waals surface area contributed by atoms with Gasteiger partial charge in [-0.25, -0.2) is 8.42 Å². The van der Waals surface area contributed by atoms with Crippen molar-refractivity contribution < 1.29 is 18.0 Å². The summed E-state index contributed by atoms with van der Waals surface area (Å²) in [5.41, 5.74) is 0.907. The first-order chi connectivity index (χ1) is 12.3. The van der Waals surface area contributed by atoms with Crippen molar-refractivity contribution in [2.24, 2.45) is 0 Å². The van der Waals surface area contributed by atoms with Crippen LogP contribution in [0.2, 0.25) is 0 Å². The number of amides is 2. The Morgan fingerprint density at radius 3 is 2.54 bits per heavy atom. The maximum Gasteiger partial charge on any atom is 0.258 e. The number of thiophene rings is 1. The molecule has 1 N–H and O–H groups in total. The van der Waals surface area contributed by atoms with Crippen LogP contribution in [0.15, 0.2) is 47.2 Å². The number of nitrogens with zero attached hydrogens (tertiary/aromatic N) is 2. The number of carbonyl (C=O) groups is 2. The fraction of sp³-hybridized carbons (Fsp3) is 0.235. The van der Waals surface area contributed by atoms with E-state index in [9.17, 15) is 18.0 Å². The van der Waals surface area contributed by atoms with Crippen molar-refractivity contribution in [2.75, 3.05) is 12.8 Å². The maximum absolute atomic E-state index is 12.5. The van der Waals surface area contributed by atoms with Crippen LogP contribution in [0.3, 0.4) is 0 Å². The predicted molar refractivity (Wildman–Crippen MR) is 97.9 cm³/mol. The highest BCUT2D eigenvalue weighted by molar-refractivity contribution is 7.90. The summed E-state index contributed by atoms with van der Waals surface area (Å²) in [6, 6.07) is 8.75. The van der Waals surface area contributed by atoms with E-state index < -0.39 is 33.4 Å². The van der Waals surface area contributed by atoms with Crippen LogP contribution in [0.5, 0.6) is 0 Å². The Labute approximate surface area is 155 Å². The molecule has 1 atom stereocenters. The summed E-state index contributed by atoms with van der Waals surface area (Å²) < 4.78 is 25.0. The zero-order valence-corrected chi connectivity index (χ0v) is 15.6. The first kappa shape index (κ1) is 19.6. The lowest BCUT2D eigenvalue weighted by Crippen LogP contribution is -2.49. The summed E-state index contributed by atoms with van der Waals surface area (Å²) in [5.74, 6) is -2.20. The van der Waals surface area contributed by atoms with Crippen molar-refractivity contribution in [3.63, 3.8) is 0 Å². The first-order valence-corrected chi connectivity index (χ1v) is 10.3. The average Bonchev–Trinajstić information content (AvgIpc) is 3.14. The topological polar surface area (TPSA) is 107 Å². The van der Waals surface area contributed by atoms with Crippen LogP contribution in [0.1, 0.15) is 15.9 Å². The van der Waals surface area contributed by atoms with Crippen LogP contribution >= 0.6 is 11.3 Å². The number of benzene rings is 1. The van der Waals surface area contributed by atoms with E-state index in [2.05, 4.69) is 5.32 Å². The molecule has 0 spiro atoms. The molecule has 1 unspecified atom stereocenters. The standard InChI is InChI=1S/C17H17N3O4S2/c1-20(12-18)17(22)15(19-16(21)14-7-8-25-9-14)11-26(23,24)10-13-5-3-2-4-6-13/h2-9,15H,10-11H2,1H3,(H,19,21). The molecular formula is C17H17N3O4S2. The molecule has 7 nitrogen and oxygen atoms in total. The van der Waals surface area contributed by atoms with Gasteiger partial charge in [-0.3, -0.25) is 14.5 Å². The average molecular weight is 391 g/mol. The van der Waals surface area contributed by atoms with Crippen LogP contribution in [0.25, 0.3) is 0 Å². The van der Waals surface area contributed by atoms with Crippen molar-refractivity contribution in [3.05, 3.63) is 58.3 Å². The fourth-order valence-corrected chi connectivity index (χ4v) is 4.42. The molecule has 0 radical (unpaired) electrons. The smallest absolute Gasteiger partial charge is 0.258 e. The fourth-order valence-electron chi connectivity index (χ4n) is 2.23. The number of sulfone groups is 1. The van der Waals surface area contributed by atoms with Gasteiger partial charge >= 0.3 is 0 Å². The minimum Gasteiger partial charge on any atom is -0.339 e. The van der Waals surface area contributed by atoms with Crippen LogP contribution < -0.4 is 5.32 Å². The second-order valence-electron chi connectivity index (χ2n) is 5.58. The summed E-state index contributed by atoms with van der Waals surface area (Å²) in [7, 11) is -2.49. The van der Waals surface area contributed by atoms with Crippen LogP contribution in [-0.2, 0) is 20.4 Å². The van der Waals surface area contributed by atoms with Gasteiger partial charge in [0.15, 0.2) is 16.0 Å². The van der Waals surface area contributed by atoms with Gasteiger partial charge in [0.1, 0.15) is 6.04 Å². The van der Waals surface area contributed by atoms with Crippen molar-refractivity contribution in [1.29, 1.82) is 5.26 Å². The SMILES string of the molecule is CN(C#N)C(=O)C(CS(=O)(=O)Cc1ccccc1)NC(=O)c1ccsc1. The van der Waals surface area contributed by atoms with E-state index in [0.29, 0.717) is 16.0 Å². The largest absolute Gasteiger partial charge is 0.339 e. The van der Waals surface area contributed by atoms with Crippen molar-refractivity contribution >= 4 is 33.0 Å². The maximum atomic E-state index is 12.5. The van der Waals surface area contributed by atoms with E-state index >= 15 is 0 Å². The van der Waals surface area contributed by atoms with Gasteiger partial charge in [0.2, 0.25) is 0 Å². The Morgan fingerprint density at radius 2 is 1.96 bits per heavy atom. The molecule has 0 saturated heterocycles. The molecule has 1 aromatic heterocycles. The minimum atomic E-state index is -3.70. The van der Waals surface area contributed by atoms with Gasteiger partial charge in [-0.05, 0) is 17.0 Å². The molecule has 0 saturated carbocycles. The normalized spacial score (nSPS) is 12.0. The first-order valence-electron chi connectivity index (χ1n) is 7.57. The quantitative estimate of drug-likeness (QED) is 0.567. The number of nitriles is 1. The highest BCUT2D eigenvalue weighted by Gasteiger charge is 2.30. The van der Waals surface area contributed by atoms with Crippen molar-refractivity contribution in [1.82, 2.24) is 10.2 Å². The van der Waals surface area contributed by atoms with Crippen molar-refractivity contribution in [3.8, 4) is 6.19 Å². The monoisotopic (exact) mass is 391 g/mol. The van der Waals surface area contributed by atoms with Gasteiger partial charge in [0, 0.05) is 12.4 Å². The summed E-state index contributed by atoms with van der Waals surface area (Å²) in [5, 5.41) is 14.6. The van der Waals surface area contributed by atoms with Crippen molar-refractivity contribution in [2.45, 2.75) is 11.8 Å². The summed E-state index contributed by atoms with van der Waals surface area (Å²) in [4.78, 5) is 25.3. The highest BCUT2D eigenvalue weighted by atomic mass is 32.2. The van der Waals surface area contributed by atoms with Crippen LogP contribution in [0.4, 0.5) is 0 Å². The number of hydrogen-bond donors (Lipinski definition) is 1. The summed E-state index contributed by atoms with van der Waals surface area (Å²) >= 11 is 1.30. The molecule has 0 aliphatic rings. The number of likely N-dealkylation sites (N-methyl/N-ethyl adjacent to an activating group) is 1. The lowest BCUT2D eigenvalue weighted by atomic mass is 10.2. The van der Waals surface area contributed by atoms with Gasteiger partial charge in [-0.15, -0.1) is 0 Å². The molecule has 26 heavy (non-hydrogen) atoms. The Kier molecular flexibility index (Phi) is 6.49. The Bertz CT molecular complexity index is 903. The van der Waals surface area contributed by atoms with Gasteiger partial charge in [0.05, 0.1) is 17.1 Å². The van der Waals surface area contributed by atoms with E-state index in [1.807, 2.05) is 0 Å². The molecule has 2 rings (SSSR count). The Balaban J connectivity index is 2.19. The van der Waals surface area contributed by atoms with E-state index in [1.54, 1.807) is 53.4 Å². The molecule has 136 valence electrons. The molecule has 0 aliphatic carbocycles. The number of carbonyl (C=O) groups excluding carboxylic acids is 2. The molecule has 0 fully saturated rings. The lowest BCUT2D eigenvalue weighted by Gasteiger charge is -2.20. The Hall–Kier alpha value is -2.70. The molecule has 0 aliphatic heterocycles. The summed E-state index contributed by atoms with van der Waals surface area (Å²) in [6.45, 7) is 0. The third kappa shape index (κ3) is 5.40. The molecule has 2 amide bonds. The van der Waals surface area contributed by atoms with Gasteiger partial charge < -0.3 is 5.32 Å². The van der Waals surface area contributed by atoms with Gasteiger partial charge in [-0.1, -0.05) is 30.3 Å². The molecular weight excluding hydrogens is 374 g/mol. The second-order valence-corrected chi connectivity index (χ2v) is 8.46. The zero-order valence-electron chi connectivity index (χ0n) is 14.0. The molecule has 0 bridgehead atoms. The van der Waals surface area contributed by atoms with Crippen LogP contribution in [0, 0.1) is 11.5 Å². The van der Waals surface area contributed by atoms with E-state index in [-0.39, 0.29) is 5.75 Å². The minimum absolute atomic E-state index is 0.262. The molecule has 1 heterocycles. The predicted octanol–water partition coefficient (Wildman–Crippen LogP) is 1.40. The molecule has 1 aromatic carbocycles. The number of nitrogens with one attached hydrogen (secondary N) is 1. The number of rotatable bonds is 7. The lowest BCUT2D eigenvalue weighted by molar-refractivity contribution is -0.128. The third-order valence-corrected chi connectivity index (χ3v) is 5.81. The van der Waals surface area contributed by atoms with Gasteiger partial charge in [-0.2, -0.15) is 16.6 Å². The van der Waals surface area contributed by atoms with Crippen LogP contribution in [-0.4, -0.2) is 44.0 Å². The van der Waals surface area contributed by atoms with Gasteiger partial charge in [0.25, 0.3) is 11.8 Å². The molecule has 9 heteroatoms.